The van der Waals surface area contributed by atoms with Gasteiger partial charge < -0.3 is 15.4 Å². The first-order valence-corrected chi connectivity index (χ1v) is 9.08. The molecule has 2 aliphatic rings. The highest BCUT2D eigenvalue weighted by Crippen LogP contribution is 2.29. The van der Waals surface area contributed by atoms with Crippen molar-refractivity contribution in [1.29, 1.82) is 0 Å². The summed E-state index contributed by atoms with van der Waals surface area (Å²) in [6.07, 6.45) is 6.08. The average Bonchev–Trinajstić information content (AvgIpc) is 2.53. The molecule has 2 N–H and O–H groups in total. The first-order valence-electron chi connectivity index (χ1n) is 9.08. The van der Waals surface area contributed by atoms with Gasteiger partial charge in [0.15, 0.2) is 11.6 Å². The molecule has 132 valence electrons. The van der Waals surface area contributed by atoms with Crippen LogP contribution in [-0.4, -0.2) is 25.1 Å². The van der Waals surface area contributed by atoms with Crippen LogP contribution in [0.15, 0.2) is 18.2 Å². The predicted octanol–water partition coefficient (Wildman–Crippen LogP) is 3.72. The molecule has 5 heteroatoms. The van der Waals surface area contributed by atoms with E-state index >= 15 is 0 Å². The Morgan fingerprint density at radius 3 is 2.83 bits per heavy atom. The van der Waals surface area contributed by atoms with Crippen LogP contribution in [-0.2, 0) is 4.79 Å². The Hall–Kier alpha value is -1.62. The molecule has 24 heavy (non-hydrogen) atoms. The van der Waals surface area contributed by atoms with E-state index in [-0.39, 0.29) is 17.8 Å². The van der Waals surface area contributed by atoms with Crippen molar-refractivity contribution in [1.82, 2.24) is 5.32 Å². The molecule has 4 nitrogen and oxygen atoms in total. The summed E-state index contributed by atoms with van der Waals surface area (Å²) in [5, 5.41) is 6.19. The van der Waals surface area contributed by atoms with Crippen molar-refractivity contribution in [2.24, 2.45) is 11.8 Å². The van der Waals surface area contributed by atoms with Crippen LogP contribution in [0, 0.1) is 17.7 Å². The molecule has 1 aromatic carbocycles. The SMILES string of the molecule is CC(CC(=O)Nc1ccc(OC2CCC2)c(F)c1)C1CCCNC1. The number of hydrogen-bond acceptors (Lipinski definition) is 3. The molecule has 0 bridgehead atoms. The van der Waals surface area contributed by atoms with E-state index in [1.807, 2.05) is 0 Å². The molecule has 1 aromatic rings. The third kappa shape index (κ3) is 4.47. The lowest BCUT2D eigenvalue weighted by Gasteiger charge is -2.28. The Morgan fingerprint density at radius 1 is 1.38 bits per heavy atom. The number of nitrogens with one attached hydrogen (secondary N) is 2. The van der Waals surface area contributed by atoms with Gasteiger partial charge in [0, 0.05) is 18.2 Å². The summed E-state index contributed by atoms with van der Waals surface area (Å²) in [6.45, 7) is 4.17. The van der Waals surface area contributed by atoms with Gasteiger partial charge in [0.25, 0.3) is 0 Å². The molecule has 1 saturated carbocycles. The number of piperidine rings is 1. The predicted molar refractivity (Wildman–Crippen MR) is 92.7 cm³/mol. The molecule has 1 saturated heterocycles. The quantitative estimate of drug-likeness (QED) is 0.833. The second-order valence-electron chi connectivity index (χ2n) is 7.15. The number of hydrogen-bond donors (Lipinski definition) is 2. The third-order valence-corrected chi connectivity index (χ3v) is 5.21. The van der Waals surface area contributed by atoms with Gasteiger partial charge in [-0.1, -0.05) is 6.92 Å². The van der Waals surface area contributed by atoms with Gasteiger partial charge in [-0.3, -0.25) is 4.79 Å². The van der Waals surface area contributed by atoms with Gasteiger partial charge in [-0.2, -0.15) is 0 Å². The second kappa shape index (κ2) is 7.97. The molecule has 2 atom stereocenters. The Morgan fingerprint density at radius 2 is 2.21 bits per heavy atom. The van der Waals surface area contributed by atoms with Crippen LogP contribution in [0.4, 0.5) is 10.1 Å². The molecule has 1 aliphatic heterocycles. The fourth-order valence-electron chi connectivity index (χ4n) is 3.38. The summed E-state index contributed by atoms with van der Waals surface area (Å²) in [5.41, 5.74) is 0.493. The van der Waals surface area contributed by atoms with E-state index < -0.39 is 5.82 Å². The van der Waals surface area contributed by atoms with Crippen molar-refractivity contribution < 1.29 is 13.9 Å². The number of amides is 1. The number of ether oxygens (including phenoxy) is 1. The number of benzene rings is 1. The summed E-state index contributed by atoms with van der Waals surface area (Å²) in [4.78, 5) is 12.2. The van der Waals surface area contributed by atoms with E-state index in [9.17, 15) is 9.18 Å². The molecular formula is C19H27FN2O2. The third-order valence-electron chi connectivity index (χ3n) is 5.21. The average molecular weight is 334 g/mol. The number of anilines is 1. The monoisotopic (exact) mass is 334 g/mol. The van der Waals surface area contributed by atoms with Crippen LogP contribution in [0.5, 0.6) is 5.75 Å². The highest BCUT2D eigenvalue weighted by Gasteiger charge is 2.23. The molecule has 3 rings (SSSR count). The van der Waals surface area contributed by atoms with Gasteiger partial charge >= 0.3 is 0 Å². The molecule has 1 amide bonds. The van der Waals surface area contributed by atoms with Gasteiger partial charge in [0.05, 0.1) is 6.10 Å². The van der Waals surface area contributed by atoms with Crippen LogP contribution in [0.1, 0.15) is 45.4 Å². The number of carbonyl (C=O) groups is 1. The number of rotatable bonds is 6. The van der Waals surface area contributed by atoms with Crippen LogP contribution >= 0.6 is 0 Å². The van der Waals surface area contributed by atoms with Crippen molar-refractivity contribution in [3.8, 4) is 5.75 Å². The second-order valence-corrected chi connectivity index (χ2v) is 7.15. The molecule has 1 heterocycles. The summed E-state index contributed by atoms with van der Waals surface area (Å²) in [7, 11) is 0. The van der Waals surface area contributed by atoms with Gasteiger partial charge in [0.2, 0.25) is 5.91 Å². The lowest BCUT2D eigenvalue weighted by Crippen LogP contribution is -2.34. The van der Waals surface area contributed by atoms with Crippen molar-refractivity contribution in [3.63, 3.8) is 0 Å². The minimum Gasteiger partial charge on any atom is -0.487 e. The zero-order chi connectivity index (χ0) is 16.9. The largest absolute Gasteiger partial charge is 0.487 e. The molecule has 1 aliphatic carbocycles. The summed E-state index contributed by atoms with van der Waals surface area (Å²) in [6, 6.07) is 4.66. The number of halogens is 1. The van der Waals surface area contributed by atoms with Crippen LogP contribution in [0.2, 0.25) is 0 Å². The van der Waals surface area contributed by atoms with E-state index in [0.29, 0.717) is 23.9 Å². The van der Waals surface area contributed by atoms with E-state index in [4.69, 9.17) is 4.74 Å². The lowest BCUT2D eigenvalue weighted by molar-refractivity contribution is -0.117. The van der Waals surface area contributed by atoms with Gasteiger partial charge in [0.1, 0.15) is 0 Å². The van der Waals surface area contributed by atoms with Crippen molar-refractivity contribution in [2.45, 2.75) is 51.6 Å². The van der Waals surface area contributed by atoms with Crippen molar-refractivity contribution in [3.05, 3.63) is 24.0 Å². The first-order chi connectivity index (χ1) is 11.6. The lowest BCUT2D eigenvalue weighted by atomic mass is 9.85. The molecule has 0 radical (unpaired) electrons. The van der Waals surface area contributed by atoms with Crippen LogP contribution in [0.25, 0.3) is 0 Å². The number of carbonyl (C=O) groups excluding carboxylic acids is 1. The highest BCUT2D eigenvalue weighted by atomic mass is 19.1. The fourth-order valence-corrected chi connectivity index (χ4v) is 3.38. The normalized spacial score (nSPS) is 22.5. The maximum Gasteiger partial charge on any atom is 0.224 e. The van der Waals surface area contributed by atoms with Crippen molar-refractivity contribution in [2.75, 3.05) is 18.4 Å². The summed E-state index contributed by atoms with van der Waals surface area (Å²) >= 11 is 0. The maximum atomic E-state index is 14.1. The fraction of sp³-hybridized carbons (Fsp3) is 0.632. The zero-order valence-corrected chi connectivity index (χ0v) is 14.3. The van der Waals surface area contributed by atoms with Gasteiger partial charge in [-0.15, -0.1) is 0 Å². The van der Waals surface area contributed by atoms with Crippen molar-refractivity contribution >= 4 is 11.6 Å². The van der Waals surface area contributed by atoms with Crippen LogP contribution < -0.4 is 15.4 Å². The zero-order valence-electron chi connectivity index (χ0n) is 14.3. The maximum absolute atomic E-state index is 14.1. The van der Waals surface area contributed by atoms with E-state index in [2.05, 4.69) is 17.6 Å². The summed E-state index contributed by atoms with van der Waals surface area (Å²) < 4.78 is 19.7. The molecular weight excluding hydrogens is 307 g/mol. The first kappa shape index (κ1) is 17.2. The van der Waals surface area contributed by atoms with E-state index in [0.717, 1.165) is 32.4 Å². The standard InChI is InChI=1S/C19H27FN2O2/c1-13(14-4-3-9-21-12-14)10-19(23)22-15-7-8-18(17(20)11-15)24-16-5-2-6-16/h7-8,11,13-14,16,21H,2-6,9-10,12H2,1H3,(H,22,23). The van der Waals surface area contributed by atoms with Crippen LogP contribution in [0.3, 0.4) is 0 Å². The minimum atomic E-state index is -0.413. The Kier molecular flexibility index (Phi) is 5.72. The Bertz CT molecular complexity index is 568. The Balaban J connectivity index is 1.50. The van der Waals surface area contributed by atoms with E-state index in [1.165, 1.54) is 18.9 Å². The molecule has 2 fully saturated rings. The minimum absolute atomic E-state index is 0.0554. The van der Waals surface area contributed by atoms with E-state index in [1.54, 1.807) is 12.1 Å². The summed E-state index contributed by atoms with van der Waals surface area (Å²) in [5.74, 6) is 0.673. The van der Waals surface area contributed by atoms with Gasteiger partial charge in [-0.25, -0.2) is 4.39 Å². The van der Waals surface area contributed by atoms with Gasteiger partial charge in [-0.05, 0) is 69.2 Å². The highest BCUT2D eigenvalue weighted by molar-refractivity contribution is 5.90. The topological polar surface area (TPSA) is 50.4 Å². The Labute approximate surface area is 143 Å². The molecule has 0 spiro atoms. The molecule has 0 aromatic heterocycles. The smallest absolute Gasteiger partial charge is 0.224 e. The molecule has 2 unspecified atom stereocenters.